The summed E-state index contributed by atoms with van der Waals surface area (Å²) in [6.45, 7) is 10.1. The van der Waals surface area contributed by atoms with E-state index in [1.54, 1.807) is 12.1 Å². The van der Waals surface area contributed by atoms with Crippen LogP contribution >= 0.6 is 0 Å². The smallest absolute Gasteiger partial charge is 0.120 e. The number of hydrogen-bond donors (Lipinski definition) is 4. The number of rotatable bonds is 11. The fraction of sp³-hybridized carbons (Fsp3) is 0.419. The monoisotopic (exact) mass is 492 g/mol. The molecule has 0 fully saturated rings. The van der Waals surface area contributed by atoms with Gasteiger partial charge in [-0.2, -0.15) is 0 Å². The minimum atomic E-state index is -1.05. The molecule has 0 radical (unpaired) electrons. The molecule has 1 atom stereocenters. The molecule has 3 aromatic rings. The van der Waals surface area contributed by atoms with Crippen molar-refractivity contribution in [3.63, 3.8) is 0 Å². The molecule has 3 aromatic carbocycles. The Morgan fingerprint density at radius 2 is 1.58 bits per heavy atom. The number of aliphatic hydroxyl groups excluding tert-OH is 3. The predicted molar refractivity (Wildman–Crippen MR) is 144 cm³/mol. The van der Waals surface area contributed by atoms with Gasteiger partial charge in [-0.1, -0.05) is 64.1 Å². The third kappa shape index (κ3) is 5.98. The van der Waals surface area contributed by atoms with Gasteiger partial charge in [0, 0.05) is 0 Å². The van der Waals surface area contributed by atoms with E-state index < -0.39 is 18.3 Å². The quantitative estimate of drug-likeness (QED) is 0.268. The first kappa shape index (κ1) is 27.9. The number of aryl methyl sites for hydroxylation is 1. The Morgan fingerprint density at radius 1 is 0.861 bits per heavy atom. The van der Waals surface area contributed by atoms with Crippen LogP contribution in [-0.2, 0) is 18.8 Å². The van der Waals surface area contributed by atoms with E-state index in [1.807, 2.05) is 44.2 Å². The van der Waals surface area contributed by atoms with Crippen molar-refractivity contribution in [2.24, 2.45) is 0 Å². The maximum atomic E-state index is 11.1. The summed E-state index contributed by atoms with van der Waals surface area (Å²) in [5, 5.41) is 40.1. The van der Waals surface area contributed by atoms with Crippen LogP contribution in [0.5, 0.6) is 5.75 Å². The van der Waals surface area contributed by atoms with Crippen LogP contribution in [0.1, 0.15) is 85.9 Å². The largest absolute Gasteiger partial charge is 0.489 e. The molecule has 0 spiro atoms. The predicted octanol–water partition coefficient (Wildman–Crippen LogP) is 5.89. The molecule has 194 valence electrons. The zero-order valence-corrected chi connectivity index (χ0v) is 22.1. The van der Waals surface area contributed by atoms with Gasteiger partial charge in [-0.05, 0) is 88.4 Å². The van der Waals surface area contributed by atoms with Crippen molar-refractivity contribution in [1.82, 2.24) is 0 Å². The van der Waals surface area contributed by atoms with E-state index in [9.17, 15) is 20.4 Å². The molecular weight excluding hydrogens is 452 g/mol. The molecule has 5 heteroatoms. The highest BCUT2D eigenvalue weighted by molar-refractivity contribution is 5.73. The minimum Gasteiger partial charge on any atom is -0.489 e. The van der Waals surface area contributed by atoms with E-state index in [0.29, 0.717) is 24.0 Å². The Morgan fingerprint density at radius 3 is 2.19 bits per heavy atom. The fourth-order valence-corrected chi connectivity index (χ4v) is 4.67. The molecule has 36 heavy (non-hydrogen) atoms. The molecule has 0 bridgehead atoms. The van der Waals surface area contributed by atoms with Gasteiger partial charge in [-0.25, -0.2) is 0 Å². The van der Waals surface area contributed by atoms with Gasteiger partial charge in [-0.3, -0.25) is 0 Å². The topological polar surface area (TPSA) is 90.2 Å². The van der Waals surface area contributed by atoms with Crippen LogP contribution in [-0.4, -0.2) is 27.0 Å². The molecule has 0 saturated carbocycles. The van der Waals surface area contributed by atoms with Crippen molar-refractivity contribution in [1.29, 1.82) is 0 Å². The van der Waals surface area contributed by atoms with E-state index in [0.717, 1.165) is 33.6 Å². The first-order valence-electron chi connectivity index (χ1n) is 12.8. The van der Waals surface area contributed by atoms with Gasteiger partial charge in [0.05, 0.1) is 18.8 Å². The van der Waals surface area contributed by atoms with Crippen LogP contribution in [0.3, 0.4) is 0 Å². The lowest BCUT2D eigenvalue weighted by Crippen LogP contribution is -2.23. The SMILES string of the molecule is CCC(O)(CC)c1ccc(-c2cc(OCc3ccc(CO)c(C(O)CO)c3)ccc2C)c(C(C)C)c1. The van der Waals surface area contributed by atoms with Gasteiger partial charge < -0.3 is 25.2 Å². The lowest BCUT2D eigenvalue weighted by Gasteiger charge is -2.28. The second kappa shape index (κ2) is 12.0. The van der Waals surface area contributed by atoms with Crippen LogP contribution in [0.15, 0.2) is 54.6 Å². The van der Waals surface area contributed by atoms with Crippen molar-refractivity contribution >= 4 is 0 Å². The Hall–Kier alpha value is -2.70. The van der Waals surface area contributed by atoms with Gasteiger partial charge in [0.25, 0.3) is 0 Å². The van der Waals surface area contributed by atoms with Crippen molar-refractivity contribution in [3.8, 4) is 16.9 Å². The molecule has 0 saturated heterocycles. The molecule has 5 nitrogen and oxygen atoms in total. The standard InChI is InChI=1S/C31H40O5/c1-6-31(35,7-2)24-11-13-26(27(15-24)20(3)4)28-16-25(12-8-21(28)5)36-19-22-9-10-23(17-32)29(14-22)30(34)18-33/h8-16,20,30,32-35H,6-7,17-19H2,1-5H3. The molecule has 0 aliphatic carbocycles. The first-order chi connectivity index (χ1) is 17.2. The van der Waals surface area contributed by atoms with Crippen molar-refractivity contribution in [2.75, 3.05) is 6.61 Å². The van der Waals surface area contributed by atoms with E-state index in [-0.39, 0.29) is 19.1 Å². The van der Waals surface area contributed by atoms with Crippen molar-refractivity contribution in [3.05, 3.63) is 88.0 Å². The minimum absolute atomic E-state index is 0.209. The Bertz CT molecular complexity index is 1160. The van der Waals surface area contributed by atoms with Gasteiger partial charge in [0.15, 0.2) is 0 Å². The second-order valence-corrected chi connectivity index (χ2v) is 9.85. The fourth-order valence-electron chi connectivity index (χ4n) is 4.67. The highest BCUT2D eigenvalue weighted by atomic mass is 16.5. The molecule has 0 aromatic heterocycles. The molecule has 0 aliphatic rings. The number of ether oxygens (including phenoxy) is 1. The third-order valence-corrected chi connectivity index (χ3v) is 7.20. The molecule has 4 N–H and O–H groups in total. The van der Waals surface area contributed by atoms with Crippen LogP contribution in [0, 0.1) is 6.92 Å². The summed E-state index contributed by atoms with van der Waals surface area (Å²) in [5.74, 6) is 1.01. The maximum Gasteiger partial charge on any atom is 0.120 e. The Balaban J connectivity index is 1.93. The Labute approximate surface area is 215 Å². The number of benzene rings is 3. The highest BCUT2D eigenvalue weighted by Crippen LogP contribution is 2.38. The van der Waals surface area contributed by atoms with Crippen LogP contribution in [0.4, 0.5) is 0 Å². The molecular formula is C31H40O5. The van der Waals surface area contributed by atoms with Gasteiger partial charge in [-0.15, -0.1) is 0 Å². The van der Waals surface area contributed by atoms with Gasteiger partial charge >= 0.3 is 0 Å². The van der Waals surface area contributed by atoms with Crippen LogP contribution in [0.25, 0.3) is 11.1 Å². The summed E-state index contributed by atoms with van der Waals surface area (Å²) in [6.07, 6.45) is 0.284. The summed E-state index contributed by atoms with van der Waals surface area (Å²) in [5.41, 5.74) is 6.61. The summed E-state index contributed by atoms with van der Waals surface area (Å²) < 4.78 is 6.12. The third-order valence-electron chi connectivity index (χ3n) is 7.20. The lowest BCUT2D eigenvalue weighted by atomic mass is 9.83. The summed E-state index contributed by atoms with van der Waals surface area (Å²) in [6, 6.07) is 17.7. The molecule has 0 amide bonds. The van der Waals surface area contributed by atoms with E-state index in [1.165, 1.54) is 5.56 Å². The van der Waals surface area contributed by atoms with E-state index in [2.05, 4.69) is 32.9 Å². The average Bonchev–Trinajstić information content (AvgIpc) is 2.91. The average molecular weight is 493 g/mol. The van der Waals surface area contributed by atoms with Crippen LogP contribution < -0.4 is 4.74 Å². The molecule has 3 rings (SSSR count). The summed E-state index contributed by atoms with van der Waals surface area (Å²) >= 11 is 0. The van der Waals surface area contributed by atoms with Gasteiger partial charge in [0.1, 0.15) is 18.5 Å². The van der Waals surface area contributed by atoms with Gasteiger partial charge in [0.2, 0.25) is 0 Å². The van der Waals surface area contributed by atoms with Crippen molar-refractivity contribution < 1.29 is 25.2 Å². The summed E-state index contributed by atoms with van der Waals surface area (Å²) in [7, 11) is 0. The lowest BCUT2D eigenvalue weighted by molar-refractivity contribution is 0.0283. The molecule has 0 aliphatic heterocycles. The number of hydrogen-bond acceptors (Lipinski definition) is 5. The van der Waals surface area contributed by atoms with E-state index >= 15 is 0 Å². The van der Waals surface area contributed by atoms with Crippen LogP contribution in [0.2, 0.25) is 0 Å². The zero-order chi connectivity index (χ0) is 26.5. The second-order valence-electron chi connectivity index (χ2n) is 9.85. The highest BCUT2D eigenvalue weighted by Gasteiger charge is 2.26. The van der Waals surface area contributed by atoms with E-state index in [4.69, 9.17) is 4.74 Å². The molecule has 0 heterocycles. The first-order valence-corrected chi connectivity index (χ1v) is 12.8. The number of aliphatic hydroxyl groups is 4. The molecule has 1 unspecified atom stereocenters. The normalized spacial score (nSPS) is 12.7. The maximum absolute atomic E-state index is 11.1. The van der Waals surface area contributed by atoms with Crippen molar-refractivity contribution in [2.45, 2.75) is 78.3 Å². The Kier molecular flexibility index (Phi) is 9.31. The zero-order valence-electron chi connectivity index (χ0n) is 22.1. The summed E-state index contributed by atoms with van der Waals surface area (Å²) in [4.78, 5) is 0.